The largest absolute Gasteiger partial charge is 0.379 e. The Morgan fingerprint density at radius 1 is 1.07 bits per heavy atom. The molecular formula is C22H28N2O4S. The van der Waals surface area contributed by atoms with E-state index in [1.807, 2.05) is 31.2 Å². The second kappa shape index (κ2) is 9.52. The predicted molar refractivity (Wildman–Crippen MR) is 113 cm³/mol. The molecule has 1 saturated heterocycles. The molecule has 1 fully saturated rings. The fraction of sp³-hybridized carbons (Fsp3) is 0.409. The molecule has 0 saturated carbocycles. The summed E-state index contributed by atoms with van der Waals surface area (Å²) in [5, 5.41) is 3.04. The SMILES string of the molecule is CC[C@@H](NC(=O)c1ccc(CN2CCOCC2)cc1)c1ccc(S(C)(=O)=O)cc1. The molecule has 156 valence electrons. The summed E-state index contributed by atoms with van der Waals surface area (Å²) in [4.78, 5) is 15.3. The van der Waals surface area contributed by atoms with Gasteiger partial charge in [0.15, 0.2) is 9.84 Å². The van der Waals surface area contributed by atoms with Crippen LogP contribution < -0.4 is 5.32 Å². The van der Waals surface area contributed by atoms with E-state index in [1.54, 1.807) is 24.3 Å². The molecule has 1 aliphatic rings. The van der Waals surface area contributed by atoms with Crippen molar-refractivity contribution in [3.05, 3.63) is 65.2 Å². The number of nitrogens with one attached hydrogen (secondary N) is 1. The highest BCUT2D eigenvalue weighted by atomic mass is 32.2. The Balaban J connectivity index is 1.63. The molecule has 7 heteroatoms. The molecule has 29 heavy (non-hydrogen) atoms. The van der Waals surface area contributed by atoms with Gasteiger partial charge in [0.05, 0.1) is 24.2 Å². The second-order valence-corrected chi connectivity index (χ2v) is 9.38. The number of sulfone groups is 1. The Morgan fingerprint density at radius 2 is 1.69 bits per heavy atom. The van der Waals surface area contributed by atoms with Gasteiger partial charge in [-0.3, -0.25) is 9.69 Å². The Hall–Kier alpha value is -2.22. The molecule has 1 atom stereocenters. The lowest BCUT2D eigenvalue weighted by Gasteiger charge is -2.26. The second-order valence-electron chi connectivity index (χ2n) is 7.36. The lowest BCUT2D eigenvalue weighted by atomic mass is 10.0. The smallest absolute Gasteiger partial charge is 0.251 e. The van der Waals surface area contributed by atoms with Gasteiger partial charge in [-0.2, -0.15) is 0 Å². The fourth-order valence-corrected chi connectivity index (χ4v) is 4.02. The van der Waals surface area contributed by atoms with Gasteiger partial charge >= 0.3 is 0 Å². The van der Waals surface area contributed by atoms with Crippen LogP contribution >= 0.6 is 0 Å². The summed E-state index contributed by atoms with van der Waals surface area (Å²) in [5.41, 5.74) is 2.67. The zero-order chi connectivity index (χ0) is 20.9. The van der Waals surface area contributed by atoms with Gasteiger partial charge in [0.2, 0.25) is 0 Å². The quantitative estimate of drug-likeness (QED) is 0.751. The van der Waals surface area contributed by atoms with E-state index in [1.165, 1.54) is 11.8 Å². The molecule has 1 amide bonds. The first kappa shape index (κ1) is 21.5. The third-order valence-corrected chi connectivity index (χ3v) is 6.28. The maximum Gasteiger partial charge on any atom is 0.251 e. The molecule has 3 rings (SSSR count). The number of nitrogens with zero attached hydrogens (tertiary/aromatic N) is 1. The van der Waals surface area contributed by atoms with Gasteiger partial charge in [-0.15, -0.1) is 0 Å². The highest BCUT2D eigenvalue weighted by Crippen LogP contribution is 2.20. The maximum absolute atomic E-state index is 12.7. The van der Waals surface area contributed by atoms with Crippen molar-refractivity contribution >= 4 is 15.7 Å². The Morgan fingerprint density at radius 3 is 2.24 bits per heavy atom. The summed E-state index contributed by atoms with van der Waals surface area (Å²) in [7, 11) is -3.23. The Labute approximate surface area is 172 Å². The monoisotopic (exact) mass is 416 g/mol. The Bertz CT molecular complexity index is 918. The summed E-state index contributed by atoms with van der Waals surface area (Å²) in [6.07, 6.45) is 1.89. The average molecular weight is 417 g/mol. The van der Waals surface area contributed by atoms with Crippen LogP contribution in [0.15, 0.2) is 53.4 Å². The van der Waals surface area contributed by atoms with Crippen molar-refractivity contribution < 1.29 is 17.9 Å². The first-order valence-corrected chi connectivity index (χ1v) is 11.8. The third kappa shape index (κ3) is 5.88. The summed E-state index contributed by atoms with van der Waals surface area (Å²) in [6.45, 7) is 6.24. The van der Waals surface area contributed by atoms with Crippen molar-refractivity contribution in [1.29, 1.82) is 0 Å². The summed E-state index contributed by atoms with van der Waals surface area (Å²) in [6, 6.07) is 14.2. The predicted octanol–water partition coefficient (Wildman–Crippen LogP) is 2.80. The first-order valence-electron chi connectivity index (χ1n) is 9.86. The van der Waals surface area contributed by atoms with E-state index >= 15 is 0 Å². The van der Waals surface area contributed by atoms with Crippen LogP contribution in [0.4, 0.5) is 0 Å². The van der Waals surface area contributed by atoms with Crippen LogP contribution in [0.3, 0.4) is 0 Å². The maximum atomic E-state index is 12.7. The number of carbonyl (C=O) groups excluding carboxylic acids is 1. The van der Waals surface area contributed by atoms with Gasteiger partial charge in [0.1, 0.15) is 0 Å². The normalized spacial score (nSPS) is 16.3. The van der Waals surface area contributed by atoms with Crippen LogP contribution in [0.1, 0.15) is 40.9 Å². The number of morpholine rings is 1. The average Bonchev–Trinajstić information content (AvgIpc) is 2.72. The molecule has 0 spiro atoms. The number of ether oxygens (including phenoxy) is 1. The molecule has 1 N–H and O–H groups in total. The first-order chi connectivity index (χ1) is 13.9. The van der Waals surface area contributed by atoms with Gasteiger partial charge in [0, 0.05) is 31.5 Å². The minimum atomic E-state index is -3.23. The Kier molecular flexibility index (Phi) is 7.05. The molecule has 2 aromatic carbocycles. The third-order valence-electron chi connectivity index (χ3n) is 5.15. The lowest BCUT2D eigenvalue weighted by Crippen LogP contribution is -2.35. The van der Waals surface area contributed by atoms with Crippen molar-refractivity contribution in [1.82, 2.24) is 10.2 Å². The molecule has 0 aliphatic carbocycles. The number of hydrogen-bond acceptors (Lipinski definition) is 5. The minimum absolute atomic E-state index is 0.137. The van der Waals surface area contributed by atoms with Crippen LogP contribution in [0, 0.1) is 0 Å². The van der Waals surface area contributed by atoms with Gasteiger partial charge in [-0.1, -0.05) is 31.2 Å². The van der Waals surface area contributed by atoms with Gasteiger partial charge in [-0.05, 0) is 41.8 Å². The molecule has 1 aliphatic heterocycles. The van der Waals surface area contributed by atoms with Crippen LogP contribution in [0.2, 0.25) is 0 Å². The minimum Gasteiger partial charge on any atom is -0.379 e. The van der Waals surface area contributed by atoms with Crippen LogP contribution in [0.5, 0.6) is 0 Å². The molecule has 0 bridgehead atoms. The molecule has 0 aromatic heterocycles. The summed E-state index contributed by atoms with van der Waals surface area (Å²) in [5.74, 6) is -0.137. The van der Waals surface area contributed by atoms with Crippen molar-refractivity contribution in [2.75, 3.05) is 32.6 Å². The van der Waals surface area contributed by atoms with Crippen LogP contribution in [-0.2, 0) is 21.1 Å². The number of benzene rings is 2. The van der Waals surface area contributed by atoms with Crippen molar-refractivity contribution in [2.24, 2.45) is 0 Å². The van der Waals surface area contributed by atoms with E-state index in [4.69, 9.17) is 4.74 Å². The van der Waals surface area contributed by atoms with Crippen molar-refractivity contribution in [2.45, 2.75) is 30.8 Å². The van der Waals surface area contributed by atoms with Gasteiger partial charge in [0.25, 0.3) is 5.91 Å². The van der Waals surface area contributed by atoms with E-state index in [0.29, 0.717) is 12.0 Å². The van der Waals surface area contributed by atoms with Crippen molar-refractivity contribution in [3.63, 3.8) is 0 Å². The van der Waals surface area contributed by atoms with E-state index in [9.17, 15) is 13.2 Å². The zero-order valence-electron chi connectivity index (χ0n) is 16.9. The van der Waals surface area contributed by atoms with Crippen molar-refractivity contribution in [3.8, 4) is 0 Å². The number of amides is 1. The van der Waals surface area contributed by atoms with Gasteiger partial charge in [-0.25, -0.2) is 8.42 Å². The lowest BCUT2D eigenvalue weighted by molar-refractivity contribution is 0.0342. The molecule has 0 unspecified atom stereocenters. The van der Waals surface area contributed by atoms with E-state index in [-0.39, 0.29) is 16.8 Å². The number of hydrogen-bond donors (Lipinski definition) is 1. The summed E-state index contributed by atoms with van der Waals surface area (Å²) < 4.78 is 28.6. The molecule has 0 radical (unpaired) electrons. The number of carbonyl (C=O) groups is 1. The van der Waals surface area contributed by atoms with Gasteiger partial charge < -0.3 is 10.1 Å². The van der Waals surface area contributed by atoms with E-state index in [2.05, 4.69) is 10.2 Å². The zero-order valence-corrected chi connectivity index (χ0v) is 17.7. The van der Waals surface area contributed by atoms with Crippen LogP contribution in [0.25, 0.3) is 0 Å². The summed E-state index contributed by atoms with van der Waals surface area (Å²) >= 11 is 0. The highest BCUT2D eigenvalue weighted by Gasteiger charge is 2.16. The molecule has 6 nitrogen and oxygen atoms in total. The topological polar surface area (TPSA) is 75.7 Å². The standard InChI is InChI=1S/C22H28N2O4S/c1-3-21(18-8-10-20(11-9-18)29(2,26)27)23-22(25)19-6-4-17(5-7-19)16-24-12-14-28-15-13-24/h4-11,21H,3,12-16H2,1-2H3,(H,23,25)/t21-/m1/s1. The van der Waals surface area contributed by atoms with E-state index in [0.717, 1.165) is 38.4 Å². The number of rotatable bonds is 7. The fourth-order valence-electron chi connectivity index (χ4n) is 3.39. The molecule has 2 aromatic rings. The van der Waals surface area contributed by atoms with Crippen LogP contribution in [-0.4, -0.2) is 51.8 Å². The molecular weight excluding hydrogens is 388 g/mol. The molecule has 1 heterocycles. The van der Waals surface area contributed by atoms with E-state index < -0.39 is 9.84 Å². The highest BCUT2D eigenvalue weighted by molar-refractivity contribution is 7.90.